The molecule has 0 aliphatic heterocycles. The van der Waals surface area contributed by atoms with Gasteiger partial charge in [0.1, 0.15) is 11.6 Å². The van der Waals surface area contributed by atoms with Crippen molar-refractivity contribution in [3.63, 3.8) is 0 Å². The second-order valence-corrected chi connectivity index (χ2v) is 8.41. The summed E-state index contributed by atoms with van der Waals surface area (Å²) >= 11 is 0. The summed E-state index contributed by atoms with van der Waals surface area (Å²) in [6, 6.07) is 26.5. The fraction of sp³-hybridized carbons (Fsp3) is 0.167. The molecule has 0 fully saturated rings. The zero-order chi connectivity index (χ0) is 25.3. The van der Waals surface area contributed by atoms with Gasteiger partial charge in [-0.2, -0.15) is 5.26 Å². The molecule has 0 spiro atoms. The first kappa shape index (κ1) is 24.5. The number of rotatable bonds is 9. The fourth-order valence-electron chi connectivity index (χ4n) is 3.89. The van der Waals surface area contributed by atoms with Crippen LogP contribution in [0.3, 0.4) is 0 Å². The summed E-state index contributed by atoms with van der Waals surface area (Å²) < 4.78 is 7.32. The minimum absolute atomic E-state index is 0.0133. The second kappa shape index (κ2) is 11.7. The standard InChI is InChI=1S/C30H27N3O3/c1-2-3-17-36-30(35)23-13-15-26(16-14-23)32-29(34)24(19-31)18-25-21-33(20-22-9-5-4-6-10-22)28-12-8-7-11-27(25)28/h4-16,18,21H,2-3,17,20H2,1H3,(H,32,34). The Balaban J connectivity index is 1.52. The minimum Gasteiger partial charge on any atom is -0.462 e. The number of amides is 1. The van der Waals surface area contributed by atoms with Gasteiger partial charge in [0, 0.05) is 34.9 Å². The number of hydrogen-bond acceptors (Lipinski definition) is 4. The van der Waals surface area contributed by atoms with Crippen LogP contribution in [-0.4, -0.2) is 23.1 Å². The number of nitriles is 1. The molecule has 0 aliphatic carbocycles. The van der Waals surface area contributed by atoms with Crippen LogP contribution < -0.4 is 5.32 Å². The predicted molar refractivity (Wildman–Crippen MR) is 141 cm³/mol. The van der Waals surface area contributed by atoms with E-state index < -0.39 is 11.9 Å². The molecule has 1 amide bonds. The van der Waals surface area contributed by atoms with Crippen LogP contribution in [0.4, 0.5) is 5.69 Å². The van der Waals surface area contributed by atoms with Gasteiger partial charge in [-0.1, -0.05) is 61.9 Å². The summed E-state index contributed by atoms with van der Waals surface area (Å²) in [4.78, 5) is 24.9. The van der Waals surface area contributed by atoms with Gasteiger partial charge in [0.05, 0.1) is 12.2 Å². The lowest BCUT2D eigenvalue weighted by molar-refractivity contribution is -0.112. The van der Waals surface area contributed by atoms with E-state index in [2.05, 4.69) is 22.0 Å². The molecule has 1 N–H and O–H groups in total. The van der Waals surface area contributed by atoms with Gasteiger partial charge in [-0.25, -0.2) is 4.79 Å². The SMILES string of the molecule is CCCCOC(=O)c1ccc(NC(=O)C(C#N)=Cc2cn(Cc3ccccc3)c3ccccc23)cc1. The van der Waals surface area contributed by atoms with Crippen molar-refractivity contribution in [1.82, 2.24) is 4.57 Å². The number of carbonyl (C=O) groups excluding carboxylic acids is 2. The molecule has 180 valence electrons. The molecule has 0 atom stereocenters. The molecule has 36 heavy (non-hydrogen) atoms. The van der Waals surface area contributed by atoms with Crippen molar-refractivity contribution in [3.8, 4) is 6.07 Å². The summed E-state index contributed by atoms with van der Waals surface area (Å²) in [5.74, 6) is -0.915. The molecule has 1 aromatic heterocycles. The quantitative estimate of drug-likeness (QED) is 0.135. The van der Waals surface area contributed by atoms with Crippen LogP contribution >= 0.6 is 0 Å². The van der Waals surface area contributed by atoms with Crippen LogP contribution in [0.2, 0.25) is 0 Å². The van der Waals surface area contributed by atoms with Gasteiger partial charge in [0.25, 0.3) is 5.91 Å². The van der Waals surface area contributed by atoms with Gasteiger partial charge in [-0.3, -0.25) is 4.79 Å². The fourth-order valence-corrected chi connectivity index (χ4v) is 3.89. The average Bonchev–Trinajstić information content (AvgIpc) is 3.25. The van der Waals surface area contributed by atoms with Gasteiger partial charge in [0.15, 0.2) is 0 Å². The van der Waals surface area contributed by atoms with Crippen molar-refractivity contribution in [2.45, 2.75) is 26.3 Å². The first-order valence-electron chi connectivity index (χ1n) is 11.9. The molecule has 0 radical (unpaired) electrons. The molecular weight excluding hydrogens is 450 g/mol. The number of benzene rings is 3. The highest BCUT2D eigenvalue weighted by Gasteiger charge is 2.14. The Kier molecular flexibility index (Phi) is 7.94. The highest BCUT2D eigenvalue weighted by Crippen LogP contribution is 2.25. The van der Waals surface area contributed by atoms with Crippen molar-refractivity contribution in [1.29, 1.82) is 5.26 Å². The van der Waals surface area contributed by atoms with E-state index in [4.69, 9.17) is 4.74 Å². The number of aromatic nitrogens is 1. The summed E-state index contributed by atoms with van der Waals surface area (Å²) in [6.45, 7) is 3.08. The van der Waals surface area contributed by atoms with Crippen molar-refractivity contribution in [2.24, 2.45) is 0 Å². The lowest BCUT2D eigenvalue weighted by Gasteiger charge is -2.07. The maximum atomic E-state index is 12.9. The summed E-state index contributed by atoms with van der Waals surface area (Å²) in [6.07, 6.45) is 5.33. The van der Waals surface area contributed by atoms with Crippen LogP contribution in [-0.2, 0) is 16.1 Å². The largest absolute Gasteiger partial charge is 0.462 e. The van der Waals surface area contributed by atoms with E-state index in [-0.39, 0.29) is 5.57 Å². The molecule has 6 heteroatoms. The third-order valence-electron chi connectivity index (χ3n) is 5.79. The molecule has 6 nitrogen and oxygen atoms in total. The van der Waals surface area contributed by atoms with Crippen molar-refractivity contribution < 1.29 is 14.3 Å². The molecule has 3 aromatic carbocycles. The first-order chi connectivity index (χ1) is 17.6. The molecule has 0 bridgehead atoms. The topological polar surface area (TPSA) is 84.1 Å². The molecule has 0 aliphatic rings. The van der Waals surface area contributed by atoms with E-state index in [0.717, 1.165) is 34.9 Å². The Labute approximate surface area is 210 Å². The van der Waals surface area contributed by atoms with Gasteiger partial charge < -0.3 is 14.6 Å². The van der Waals surface area contributed by atoms with Crippen LogP contribution in [0.25, 0.3) is 17.0 Å². The summed E-state index contributed by atoms with van der Waals surface area (Å²) in [5, 5.41) is 13.4. The van der Waals surface area contributed by atoms with E-state index in [1.165, 1.54) is 0 Å². The zero-order valence-electron chi connectivity index (χ0n) is 20.1. The number of fused-ring (bicyclic) bond motifs is 1. The van der Waals surface area contributed by atoms with Crippen molar-refractivity contribution in [3.05, 3.63) is 107 Å². The number of carbonyl (C=O) groups is 2. The maximum absolute atomic E-state index is 12.9. The maximum Gasteiger partial charge on any atom is 0.338 e. The van der Waals surface area contributed by atoms with Gasteiger partial charge in [-0.05, 0) is 48.4 Å². The number of para-hydroxylation sites is 1. The Morgan fingerprint density at radius 1 is 1.00 bits per heavy atom. The van der Waals surface area contributed by atoms with E-state index in [9.17, 15) is 14.9 Å². The molecule has 4 rings (SSSR count). The molecule has 0 saturated heterocycles. The Hall–Kier alpha value is -4.63. The van der Waals surface area contributed by atoms with Crippen molar-refractivity contribution >= 4 is 34.5 Å². The van der Waals surface area contributed by atoms with E-state index >= 15 is 0 Å². The van der Waals surface area contributed by atoms with Crippen LogP contribution in [0.1, 0.15) is 41.3 Å². The Morgan fingerprint density at radius 2 is 1.72 bits per heavy atom. The van der Waals surface area contributed by atoms with E-state index in [0.29, 0.717) is 24.4 Å². The van der Waals surface area contributed by atoms with Gasteiger partial charge in [-0.15, -0.1) is 0 Å². The molecule has 4 aromatic rings. The highest BCUT2D eigenvalue weighted by molar-refractivity contribution is 6.11. The first-order valence-corrected chi connectivity index (χ1v) is 11.9. The molecular formula is C30H27N3O3. The van der Waals surface area contributed by atoms with Crippen molar-refractivity contribution in [2.75, 3.05) is 11.9 Å². The normalized spacial score (nSPS) is 11.2. The number of unbranched alkanes of at least 4 members (excludes halogenated alkanes) is 1. The van der Waals surface area contributed by atoms with E-state index in [1.54, 1.807) is 30.3 Å². The number of ether oxygens (including phenoxy) is 1. The van der Waals surface area contributed by atoms with Gasteiger partial charge in [0.2, 0.25) is 0 Å². The van der Waals surface area contributed by atoms with Gasteiger partial charge >= 0.3 is 5.97 Å². The van der Waals surface area contributed by atoms with Crippen LogP contribution in [0.5, 0.6) is 0 Å². The van der Waals surface area contributed by atoms with Crippen LogP contribution in [0.15, 0.2) is 90.6 Å². The summed E-state index contributed by atoms with van der Waals surface area (Å²) in [7, 11) is 0. The third kappa shape index (κ3) is 5.89. The zero-order valence-corrected chi connectivity index (χ0v) is 20.1. The smallest absolute Gasteiger partial charge is 0.338 e. The summed E-state index contributed by atoms with van der Waals surface area (Å²) in [5.41, 5.74) is 3.85. The predicted octanol–water partition coefficient (Wildman–Crippen LogP) is 6.19. The number of nitrogens with zero attached hydrogens (tertiary/aromatic N) is 2. The molecule has 0 saturated carbocycles. The Bertz CT molecular complexity index is 1430. The Morgan fingerprint density at radius 3 is 2.44 bits per heavy atom. The number of esters is 1. The lowest BCUT2D eigenvalue weighted by Crippen LogP contribution is -2.13. The minimum atomic E-state index is -0.518. The lowest BCUT2D eigenvalue weighted by atomic mass is 10.1. The van der Waals surface area contributed by atoms with Crippen LogP contribution in [0, 0.1) is 11.3 Å². The third-order valence-corrected chi connectivity index (χ3v) is 5.79. The number of anilines is 1. The average molecular weight is 478 g/mol. The molecule has 1 heterocycles. The van der Waals surface area contributed by atoms with E-state index in [1.807, 2.05) is 61.7 Å². The second-order valence-electron chi connectivity index (χ2n) is 8.41. The monoisotopic (exact) mass is 477 g/mol. The number of nitrogens with one attached hydrogen (secondary N) is 1. The molecule has 0 unspecified atom stereocenters. The number of hydrogen-bond donors (Lipinski definition) is 1. The highest BCUT2D eigenvalue weighted by atomic mass is 16.5.